The zero-order chi connectivity index (χ0) is 15.9. The van der Waals surface area contributed by atoms with E-state index in [9.17, 15) is 14.4 Å². The fourth-order valence-electron chi connectivity index (χ4n) is 2.38. The minimum Gasteiger partial charge on any atom is -0.480 e. The van der Waals surface area contributed by atoms with Crippen LogP contribution in [0.5, 0.6) is 0 Å². The third-order valence-corrected chi connectivity index (χ3v) is 4.20. The average molecular weight is 324 g/mol. The third-order valence-electron chi connectivity index (χ3n) is 3.88. The van der Waals surface area contributed by atoms with Crippen molar-refractivity contribution >= 4 is 35.2 Å². The number of hydrogen-bond acceptors (Lipinski definition) is 3. The Morgan fingerprint density at radius 2 is 2.09 bits per heavy atom. The molecule has 3 amide bonds. The average Bonchev–Trinajstić information content (AvgIpc) is 3.14. The maximum Gasteiger partial charge on any atom is 0.329 e. The first-order valence-corrected chi connectivity index (χ1v) is 7.22. The normalized spacial score (nSPS) is 18.8. The third kappa shape index (κ3) is 2.48. The second-order valence-electron chi connectivity index (χ2n) is 5.39. The Bertz CT molecular complexity index is 672. The van der Waals surface area contributed by atoms with E-state index in [1.807, 2.05) is 0 Å². The van der Waals surface area contributed by atoms with E-state index in [1.54, 1.807) is 6.07 Å². The smallest absolute Gasteiger partial charge is 0.329 e. The summed E-state index contributed by atoms with van der Waals surface area (Å²) in [6.07, 6.45) is 0.805. The van der Waals surface area contributed by atoms with E-state index in [0.717, 1.165) is 0 Å². The van der Waals surface area contributed by atoms with Crippen LogP contribution < -0.4 is 15.5 Å². The molecule has 1 aliphatic carbocycles. The number of hydrogen-bond donors (Lipinski definition) is 3. The van der Waals surface area contributed by atoms with Gasteiger partial charge in [0, 0.05) is 18.8 Å². The fourth-order valence-corrected chi connectivity index (χ4v) is 2.58. The molecule has 116 valence electrons. The van der Waals surface area contributed by atoms with Gasteiger partial charge >= 0.3 is 12.0 Å². The minimum absolute atomic E-state index is 0.159. The maximum absolute atomic E-state index is 12.3. The largest absolute Gasteiger partial charge is 0.480 e. The van der Waals surface area contributed by atoms with Crippen molar-refractivity contribution in [3.63, 3.8) is 0 Å². The highest BCUT2D eigenvalue weighted by molar-refractivity contribution is 6.34. The van der Waals surface area contributed by atoms with Crippen molar-refractivity contribution in [2.75, 3.05) is 18.0 Å². The van der Waals surface area contributed by atoms with Gasteiger partial charge in [-0.2, -0.15) is 0 Å². The van der Waals surface area contributed by atoms with E-state index in [2.05, 4.69) is 10.6 Å². The van der Waals surface area contributed by atoms with Gasteiger partial charge in [0.15, 0.2) is 0 Å². The molecule has 1 saturated heterocycles. The van der Waals surface area contributed by atoms with E-state index in [-0.39, 0.29) is 16.6 Å². The predicted molar refractivity (Wildman–Crippen MR) is 79.3 cm³/mol. The second-order valence-corrected chi connectivity index (χ2v) is 5.80. The first-order valence-electron chi connectivity index (χ1n) is 6.84. The summed E-state index contributed by atoms with van der Waals surface area (Å²) >= 11 is 6.04. The van der Waals surface area contributed by atoms with Gasteiger partial charge in [0.05, 0.1) is 10.6 Å². The summed E-state index contributed by atoms with van der Waals surface area (Å²) < 4.78 is 0. The molecule has 0 bridgehead atoms. The van der Waals surface area contributed by atoms with Crippen molar-refractivity contribution in [2.24, 2.45) is 0 Å². The van der Waals surface area contributed by atoms with Gasteiger partial charge in [-0.15, -0.1) is 0 Å². The van der Waals surface area contributed by atoms with Crippen LogP contribution in [-0.4, -0.2) is 41.6 Å². The number of aliphatic carboxylic acids is 1. The van der Waals surface area contributed by atoms with Crippen LogP contribution in [0.3, 0.4) is 0 Å². The number of halogens is 1. The monoisotopic (exact) mass is 323 g/mol. The topological polar surface area (TPSA) is 98.7 Å². The molecule has 1 aliphatic heterocycles. The molecule has 22 heavy (non-hydrogen) atoms. The highest BCUT2D eigenvalue weighted by atomic mass is 35.5. The molecule has 3 N–H and O–H groups in total. The molecule has 0 aromatic heterocycles. The molecule has 2 aliphatic rings. The number of nitrogens with one attached hydrogen (secondary N) is 2. The van der Waals surface area contributed by atoms with Gasteiger partial charge in [0.25, 0.3) is 5.91 Å². The summed E-state index contributed by atoms with van der Waals surface area (Å²) in [6, 6.07) is 4.43. The summed E-state index contributed by atoms with van der Waals surface area (Å²) in [7, 11) is 0. The number of urea groups is 1. The molecule has 0 spiro atoms. The molecule has 1 heterocycles. The maximum atomic E-state index is 12.3. The number of carboxylic acids is 1. The number of rotatable bonds is 4. The predicted octanol–water partition coefficient (Wildman–Crippen LogP) is 1.22. The van der Waals surface area contributed by atoms with Gasteiger partial charge in [-0.25, -0.2) is 9.59 Å². The molecule has 7 nitrogen and oxygen atoms in total. The minimum atomic E-state index is -1.18. The summed E-state index contributed by atoms with van der Waals surface area (Å²) in [5.41, 5.74) is -0.474. The molecular weight excluding hydrogens is 310 g/mol. The molecule has 0 atom stereocenters. The Balaban J connectivity index is 1.85. The fraction of sp³-hybridized carbons (Fsp3) is 0.357. The lowest BCUT2D eigenvalue weighted by atomic mass is 10.1. The van der Waals surface area contributed by atoms with Crippen LogP contribution in [0.25, 0.3) is 0 Å². The van der Waals surface area contributed by atoms with Gasteiger partial charge in [0.1, 0.15) is 5.54 Å². The quantitative estimate of drug-likeness (QED) is 0.775. The molecule has 1 saturated carbocycles. The van der Waals surface area contributed by atoms with Crippen LogP contribution >= 0.6 is 11.6 Å². The van der Waals surface area contributed by atoms with E-state index in [4.69, 9.17) is 16.7 Å². The molecule has 1 aromatic rings. The van der Waals surface area contributed by atoms with Crippen LogP contribution in [0.1, 0.15) is 23.2 Å². The van der Waals surface area contributed by atoms with Crippen molar-refractivity contribution in [2.45, 2.75) is 18.4 Å². The number of anilines is 1. The molecular formula is C14H14ClN3O4. The highest BCUT2D eigenvalue weighted by Crippen LogP contribution is 2.36. The number of carbonyl (C=O) groups is 3. The Labute approximate surface area is 131 Å². The molecule has 0 radical (unpaired) electrons. The number of carbonyl (C=O) groups excluding carboxylic acids is 2. The van der Waals surface area contributed by atoms with E-state index >= 15 is 0 Å². The molecule has 2 fully saturated rings. The summed E-state index contributed by atoms with van der Waals surface area (Å²) in [6.45, 7) is 1.03. The van der Waals surface area contributed by atoms with Crippen LogP contribution in [0.4, 0.5) is 10.5 Å². The second kappa shape index (κ2) is 5.17. The molecule has 1 aromatic carbocycles. The van der Waals surface area contributed by atoms with Gasteiger partial charge in [-0.05, 0) is 31.0 Å². The van der Waals surface area contributed by atoms with Crippen LogP contribution in [0.2, 0.25) is 5.02 Å². The van der Waals surface area contributed by atoms with Gasteiger partial charge < -0.3 is 15.7 Å². The van der Waals surface area contributed by atoms with Gasteiger partial charge in [-0.3, -0.25) is 9.69 Å². The Morgan fingerprint density at radius 1 is 1.36 bits per heavy atom. The van der Waals surface area contributed by atoms with E-state index in [0.29, 0.717) is 31.6 Å². The summed E-state index contributed by atoms with van der Waals surface area (Å²) in [4.78, 5) is 36.6. The van der Waals surface area contributed by atoms with Crippen LogP contribution in [0.15, 0.2) is 18.2 Å². The Morgan fingerprint density at radius 3 is 2.64 bits per heavy atom. The lowest BCUT2D eigenvalue weighted by Crippen LogP contribution is -2.43. The SMILES string of the molecule is O=C(NC1(C(=O)O)CC1)c1cc(N2CCNC2=O)ccc1Cl. The van der Waals surface area contributed by atoms with E-state index in [1.165, 1.54) is 17.0 Å². The van der Waals surface area contributed by atoms with Crippen LogP contribution in [-0.2, 0) is 4.79 Å². The van der Waals surface area contributed by atoms with Gasteiger partial charge in [-0.1, -0.05) is 11.6 Å². The summed E-state index contributed by atoms with van der Waals surface area (Å²) in [5, 5.41) is 14.5. The van der Waals surface area contributed by atoms with Crippen molar-refractivity contribution in [1.82, 2.24) is 10.6 Å². The number of amides is 3. The first kappa shape index (κ1) is 14.6. The van der Waals surface area contributed by atoms with E-state index < -0.39 is 17.4 Å². The number of benzene rings is 1. The van der Waals surface area contributed by atoms with Gasteiger partial charge in [0.2, 0.25) is 0 Å². The Kier molecular flexibility index (Phi) is 3.44. The van der Waals surface area contributed by atoms with Crippen molar-refractivity contribution in [3.8, 4) is 0 Å². The van der Waals surface area contributed by atoms with Crippen molar-refractivity contribution < 1.29 is 19.5 Å². The van der Waals surface area contributed by atoms with Crippen molar-refractivity contribution in [3.05, 3.63) is 28.8 Å². The molecule has 8 heteroatoms. The standard InChI is InChI=1S/C14H14ClN3O4/c15-10-2-1-8(18-6-5-16-13(18)22)7-9(10)11(19)17-14(3-4-14)12(20)21/h1-2,7H,3-6H2,(H,16,22)(H,17,19)(H,20,21). The number of nitrogens with zero attached hydrogens (tertiary/aromatic N) is 1. The molecule has 3 rings (SSSR count). The summed E-state index contributed by atoms with van der Waals surface area (Å²) in [5.74, 6) is -1.60. The Hall–Kier alpha value is -2.28. The molecule has 0 unspecified atom stereocenters. The van der Waals surface area contributed by atoms with Crippen LogP contribution in [0, 0.1) is 0 Å². The first-order chi connectivity index (χ1) is 10.4. The zero-order valence-corrected chi connectivity index (χ0v) is 12.3. The highest BCUT2D eigenvalue weighted by Gasteiger charge is 2.51. The van der Waals surface area contributed by atoms with Crippen molar-refractivity contribution in [1.29, 1.82) is 0 Å². The number of carboxylic acid groups (broad SMARTS) is 1. The lowest BCUT2D eigenvalue weighted by Gasteiger charge is -2.17. The lowest BCUT2D eigenvalue weighted by molar-refractivity contribution is -0.140. The zero-order valence-electron chi connectivity index (χ0n) is 11.6.